The smallest absolute Gasteiger partial charge is 0.0671 e. The molecule has 0 aromatic carbocycles. The molecular formula is C12H26N2O. The van der Waals surface area contributed by atoms with E-state index in [1.165, 1.54) is 19.5 Å². The Morgan fingerprint density at radius 1 is 1.53 bits per heavy atom. The zero-order valence-electron chi connectivity index (χ0n) is 10.6. The second-order valence-electron chi connectivity index (χ2n) is 4.81. The van der Waals surface area contributed by atoms with E-state index in [4.69, 9.17) is 4.74 Å². The molecule has 0 saturated carbocycles. The van der Waals surface area contributed by atoms with Gasteiger partial charge in [-0.1, -0.05) is 6.92 Å². The van der Waals surface area contributed by atoms with Crippen molar-refractivity contribution >= 4 is 0 Å². The molecule has 1 N–H and O–H groups in total. The van der Waals surface area contributed by atoms with Gasteiger partial charge in [0, 0.05) is 25.7 Å². The van der Waals surface area contributed by atoms with Gasteiger partial charge in [-0.2, -0.15) is 0 Å². The number of hydrogen-bond acceptors (Lipinski definition) is 3. The second-order valence-corrected chi connectivity index (χ2v) is 4.81. The average molecular weight is 214 g/mol. The number of nitrogens with one attached hydrogen (secondary N) is 1. The fourth-order valence-electron chi connectivity index (χ4n) is 2.32. The lowest BCUT2D eigenvalue weighted by Crippen LogP contribution is -2.48. The molecule has 3 unspecified atom stereocenters. The molecule has 1 rings (SSSR count). The van der Waals surface area contributed by atoms with Crippen molar-refractivity contribution in [3.8, 4) is 0 Å². The largest absolute Gasteiger partial charge is 0.377 e. The van der Waals surface area contributed by atoms with Gasteiger partial charge in [0.1, 0.15) is 0 Å². The lowest BCUT2D eigenvalue weighted by molar-refractivity contribution is 0.0678. The summed E-state index contributed by atoms with van der Waals surface area (Å²) < 4.78 is 5.52. The van der Waals surface area contributed by atoms with Gasteiger partial charge in [0.25, 0.3) is 0 Å². The Morgan fingerprint density at radius 2 is 2.27 bits per heavy atom. The van der Waals surface area contributed by atoms with Crippen molar-refractivity contribution in [3.05, 3.63) is 0 Å². The first-order valence-electron chi connectivity index (χ1n) is 6.17. The summed E-state index contributed by atoms with van der Waals surface area (Å²) in [4.78, 5) is 2.41. The molecule has 1 fully saturated rings. The fourth-order valence-corrected chi connectivity index (χ4v) is 2.32. The van der Waals surface area contributed by atoms with Crippen LogP contribution in [-0.4, -0.2) is 50.3 Å². The molecule has 1 aliphatic rings. The van der Waals surface area contributed by atoms with Crippen molar-refractivity contribution in [2.45, 2.75) is 39.3 Å². The highest BCUT2D eigenvalue weighted by atomic mass is 16.5. The molecule has 1 saturated heterocycles. The molecule has 3 heteroatoms. The first-order valence-corrected chi connectivity index (χ1v) is 6.17. The van der Waals surface area contributed by atoms with Gasteiger partial charge in [0.15, 0.2) is 0 Å². The van der Waals surface area contributed by atoms with E-state index in [-0.39, 0.29) is 0 Å². The van der Waals surface area contributed by atoms with Crippen LogP contribution in [0.25, 0.3) is 0 Å². The van der Waals surface area contributed by atoms with Gasteiger partial charge >= 0.3 is 0 Å². The Bertz CT molecular complexity index is 175. The van der Waals surface area contributed by atoms with Crippen LogP contribution in [0.5, 0.6) is 0 Å². The molecule has 0 aromatic rings. The Balaban J connectivity index is 2.20. The van der Waals surface area contributed by atoms with Crippen LogP contribution in [0.15, 0.2) is 0 Å². The van der Waals surface area contributed by atoms with E-state index in [0.717, 1.165) is 19.1 Å². The topological polar surface area (TPSA) is 24.5 Å². The minimum Gasteiger partial charge on any atom is -0.377 e. The molecule has 15 heavy (non-hydrogen) atoms. The van der Waals surface area contributed by atoms with Gasteiger partial charge in [-0.3, -0.25) is 0 Å². The third-order valence-electron chi connectivity index (χ3n) is 3.23. The van der Waals surface area contributed by atoms with Crippen LogP contribution in [0.2, 0.25) is 0 Å². The summed E-state index contributed by atoms with van der Waals surface area (Å²) in [5.74, 6) is 0.748. The van der Waals surface area contributed by atoms with E-state index >= 15 is 0 Å². The number of likely N-dealkylation sites (tertiary alicyclic amines) is 1. The van der Waals surface area contributed by atoms with Crippen LogP contribution in [0, 0.1) is 5.92 Å². The Kier molecular flexibility index (Phi) is 5.58. The molecule has 3 nitrogen and oxygen atoms in total. The standard InChI is InChI=1S/C12H26N2O/c1-5-15-11(3)8-13-12-6-7-14(4)9-10(12)2/h10-13H,5-9H2,1-4H3. The fraction of sp³-hybridized carbons (Fsp3) is 1.00. The van der Waals surface area contributed by atoms with E-state index in [1.54, 1.807) is 0 Å². The lowest BCUT2D eigenvalue weighted by Gasteiger charge is -2.35. The third-order valence-corrected chi connectivity index (χ3v) is 3.23. The molecule has 0 bridgehead atoms. The number of nitrogens with zero attached hydrogens (tertiary/aromatic N) is 1. The van der Waals surface area contributed by atoms with E-state index in [0.29, 0.717) is 12.1 Å². The first kappa shape index (κ1) is 12.9. The summed E-state index contributed by atoms with van der Waals surface area (Å²) in [6.07, 6.45) is 1.60. The maximum absolute atomic E-state index is 5.52. The Labute approximate surface area is 94.2 Å². The van der Waals surface area contributed by atoms with Crippen LogP contribution in [-0.2, 0) is 4.74 Å². The highest BCUT2D eigenvalue weighted by Gasteiger charge is 2.23. The molecule has 0 aromatic heterocycles. The highest BCUT2D eigenvalue weighted by Crippen LogP contribution is 2.15. The summed E-state index contributed by atoms with van der Waals surface area (Å²) in [5, 5.41) is 3.62. The number of rotatable bonds is 5. The molecule has 1 aliphatic heterocycles. The first-order chi connectivity index (χ1) is 7.13. The lowest BCUT2D eigenvalue weighted by atomic mass is 9.94. The predicted molar refractivity (Wildman–Crippen MR) is 64.2 cm³/mol. The molecule has 3 atom stereocenters. The summed E-state index contributed by atoms with van der Waals surface area (Å²) in [6.45, 7) is 10.7. The average Bonchev–Trinajstić information content (AvgIpc) is 2.17. The van der Waals surface area contributed by atoms with Crippen molar-refractivity contribution < 1.29 is 4.74 Å². The summed E-state index contributed by atoms with van der Waals surface area (Å²) in [6, 6.07) is 0.670. The zero-order chi connectivity index (χ0) is 11.3. The van der Waals surface area contributed by atoms with E-state index in [2.05, 4.69) is 38.0 Å². The molecule has 0 amide bonds. The van der Waals surface area contributed by atoms with Crippen molar-refractivity contribution in [1.82, 2.24) is 10.2 Å². The maximum Gasteiger partial charge on any atom is 0.0671 e. The minimum atomic E-state index is 0.335. The van der Waals surface area contributed by atoms with Gasteiger partial charge in [0.2, 0.25) is 0 Å². The molecule has 0 aliphatic carbocycles. The Hall–Kier alpha value is -0.120. The van der Waals surface area contributed by atoms with Crippen molar-refractivity contribution in [2.24, 2.45) is 5.92 Å². The van der Waals surface area contributed by atoms with E-state index in [9.17, 15) is 0 Å². The highest BCUT2D eigenvalue weighted by molar-refractivity contribution is 4.81. The minimum absolute atomic E-state index is 0.335. The molecular weight excluding hydrogens is 188 g/mol. The van der Waals surface area contributed by atoms with Gasteiger partial charge < -0.3 is 15.0 Å². The van der Waals surface area contributed by atoms with E-state index in [1.807, 2.05) is 0 Å². The molecule has 0 spiro atoms. The van der Waals surface area contributed by atoms with Crippen LogP contribution in [0.1, 0.15) is 27.2 Å². The van der Waals surface area contributed by atoms with Crippen LogP contribution in [0.3, 0.4) is 0 Å². The van der Waals surface area contributed by atoms with Crippen molar-refractivity contribution in [1.29, 1.82) is 0 Å². The summed E-state index contributed by atoms with van der Waals surface area (Å²) in [5.41, 5.74) is 0. The monoisotopic (exact) mass is 214 g/mol. The molecule has 0 radical (unpaired) electrons. The van der Waals surface area contributed by atoms with Gasteiger partial charge in [-0.05, 0) is 39.8 Å². The maximum atomic E-state index is 5.52. The second kappa shape index (κ2) is 6.46. The number of ether oxygens (including phenoxy) is 1. The number of piperidine rings is 1. The molecule has 1 heterocycles. The normalized spacial score (nSPS) is 30.4. The van der Waals surface area contributed by atoms with Gasteiger partial charge in [-0.15, -0.1) is 0 Å². The van der Waals surface area contributed by atoms with Crippen molar-refractivity contribution in [2.75, 3.05) is 33.3 Å². The van der Waals surface area contributed by atoms with Gasteiger partial charge in [-0.25, -0.2) is 0 Å². The van der Waals surface area contributed by atoms with E-state index < -0.39 is 0 Å². The third kappa shape index (κ3) is 4.49. The number of hydrogen-bond donors (Lipinski definition) is 1. The summed E-state index contributed by atoms with van der Waals surface area (Å²) in [7, 11) is 2.20. The quantitative estimate of drug-likeness (QED) is 0.747. The van der Waals surface area contributed by atoms with Crippen LogP contribution in [0.4, 0.5) is 0 Å². The van der Waals surface area contributed by atoms with Crippen LogP contribution >= 0.6 is 0 Å². The van der Waals surface area contributed by atoms with Gasteiger partial charge in [0.05, 0.1) is 6.10 Å². The zero-order valence-corrected chi connectivity index (χ0v) is 10.6. The van der Waals surface area contributed by atoms with Crippen LogP contribution < -0.4 is 5.32 Å². The Morgan fingerprint density at radius 3 is 2.87 bits per heavy atom. The SMILES string of the molecule is CCOC(C)CNC1CCN(C)CC1C. The predicted octanol–water partition coefficient (Wildman–Crippen LogP) is 1.34. The summed E-state index contributed by atoms with van der Waals surface area (Å²) >= 11 is 0. The molecule has 90 valence electrons. The van der Waals surface area contributed by atoms with Crippen molar-refractivity contribution in [3.63, 3.8) is 0 Å².